The van der Waals surface area contributed by atoms with Crippen LogP contribution in [0.4, 0.5) is 16.0 Å². The van der Waals surface area contributed by atoms with Crippen LogP contribution in [0.25, 0.3) is 22.4 Å². The van der Waals surface area contributed by atoms with Crippen molar-refractivity contribution < 1.29 is 9.18 Å². The van der Waals surface area contributed by atoms with Crippen molar-refractivity contribution in [1.29, 1.82) is 5.26 Å². The van der Waals surface area contributed by atoms with Gasteiger partial charge in [0.25, 0.3) is 5.56 Å². The second-order valence-corrected chi connectivity index (χ2v) is 8.40. The molecule has 0 saturated carbocycles. The first kappa shape index (κ1) is 23.1. The number of carbonyl (C=O) groups is 1. The predicted molar refractivity (Wildman–Crippen MR) is 129 cm³/mol. The molecule has 0 aliphatic carbocycles. The summed E-state index contributed by atoms with van der Waals surface area (Å²) >= 11 is 0. The van der Waals surface area contributed by atoms with Gasteiger partial charge in [-0.1, -0.05) is 18.2 Å². The van der Waals surface area contributed by atoms with Crippen LogP contribution in [0.15, 0.2) is 47.3 Å². The molecule has 1 amide bonds. The number of anilines is 2. The van der Waals surface area contributed by atoms with Gasteiger partial charge in [-0.2, -0.15) is 5.26 Å². The number of aromatic nitrogens is 2. The summed E-state index contributed by atoms with van der Waals surface area (Å²) in [6, 6.07) is 13.3. The van der Waals surface area contributed by atoms with Crippen LogP contribution >= 0.6 is 0 Å². The van der Waals surface area contributed by atoms with E-state index in [1.807, 2.05) is 4.90 Å². The van der Waals surface area contributed by atoms with E-state index in [-0.39, 0.29) is 22.9 Å². The van der Waals surface area contributed by atoms with E-state index >= 15 is 0 Å². The van der Waals surface area contributed by atoms with E-state index in [9.17, 15) is 14.0 Å². The number of benzene rings is 2. The molecular weight excluding hydrogens is 435 g/mol. The maximum atomic E-state index is 14.9. The molecule has 0 radical (unpaired) electrons. The van der Waals surface area contributed by atoms with Crippen LogP contribution < -0.4 is 21.1 Å². The van der Waals surface area contributed by atoms with Crippen molar-refractivity contribution in [2.24, 2.45) is 12.8 Å². The minimum atomic E-state index is -0.631. The Hall–Kier alpha value is -4.03. The summed E-state index contributed by atoms with van der Waals surface area (Å²) in [5, 5.41) is 9.16. The summed E-state index contributed by atoms with van der Waals surface area (Å²) in [5.41, 5.74) is 7.92. The summed E-state index contributed by atoms with van der Waals surface area (Å²) < 4.78 is 16.3. The highest BCUT2D eigenvalue weighted by Crippen LogP contribution is 2.32. The topological polar surface area (TPSA) is 108 Å². The van der Waals surface area contributed by atoms with Gasteiger partial charge >= 0.3 is 0 Å². The number of nitriles is 1. The van der Waals surface area contributed by atoms with Crippen LogP contribution in [0, 0.1) is 17.1 Å². The van der Waals surface area contributed by atoms with Crippen molar-refractivity contribution in [3.05, 3.63) is 64.2 Å². The Morgan fingerprint density at radius 3 is 2.41 bits per heavy atom. The Morgan fingerprint density at radius 2 is 1.82 bits per heavy atom. The van der Waals surface area contributed by atoms with E-state index in [0.717, 1.165) is 17.7 Å². The third-order valence-electron chi connectivity index (χ3n) is 6.15. The molecule has 2 aromatic carbocycles. The second-order valence-electron chi connectivity index (χ2n) is 8.40. The molecule has 0 unspecified atom stereocenters. The van der Waals surface area contributed by atoms with Crippen molar-refractivity contribution >= 4 is 18.0 Å². The van der Waals surface area contributed by atoms with Gasteiger partial charge in [0.1, 0.15) is 5.82 Å². The largest absolute Gasteiger partial charge is 0.342 e. The minimum absolute atomic E-state index is 0.102. The highest BCUT2D eigenvalue weighted by atomic mass is 19.1. The average molecular weight is 461 g/mol. The number of amides is 1. The van der Waals surface area contributed by atoms with Gasteiger partial charge in [0, 0.05) is 38.8 Å². The lowest BCUT2D eigenvalue weighted by Crippen LogP contribution is -2.42. The van der Waals surface area contributed by atoms with Crippen LogP contribution in [-0.2, 0) is 11.8 Å². The zero-order valence-corrected chi connectivity index (χ0v) is 19.0. The molecule has 2 heterocycles. The van der Waals surface area contributed by atoms with Gasteiger partial charge in [0.2, 0.25) is 12.4 Å². The average Bonchev–Trinajstić information content (AvgIpc) is 2.85. The van der Waals surface area contributed by atoms with Crippen molar-refractivity contribution in [3.63, 3.8) is 0 Å². The van der Waals surface area contributed by atoms with E-state index in [1.54, 1.807) is 37.4 Å². The fraction of sp³-hybridized carbons (Fsp3) is 0.280. The molecule has 3 aromatic rings. The van der Waals surface area contributed by atoms with Crippen molar-refractivity contribution in [2.45, 2.75) is 18.9 Å². The second kappa shape index (κ2) is 9.45. The molecule has 0 spiro atoms. The zero-order valence-electron chi connectivity index (χ0n) is 19.0. The predicted octanol–water partition coefficient (Wildman–Crippen LogP) is 2.65. The van der Waals surface area contributed by atoms with Gasteiger partial charge in [-0.05, 0) is 42.7 Å². The normalized spacial score (nSPS) is 14.0. The van der Waals surface area contributed by atoms with E-state index < -0.39 is 5.82 Å². The zero-order chi connectivity index (χ0) is 24.4. The molecule has 2 N–H and O–H groups in total. The first-order valence-corrected chi connectivity index (χ1v) is 10.9. The Kier molecular flexibility index (Phi) is 6.43. The van der Waals surface area contributed by atoms with Crippen molar-refractivity contribution in [1.82, 2.24) is 9.55 Å². The number of nitrogens with two attached hydrogens (primary N) is 1. The first-order valence-electron chi connectivity index (χ1n) is 10.9. The van der Waals surface area contributed by atoms with Gasteiger partial charge in [0.05, 0.1) is 28.6 Å². The summed E-state index contributed by atoms with van der Waals surface area (Å²) in [5.74, 6) is -0.119. The van der Waals surface area contributed by atoms with E-state index in [0.29, 0.717) is 47.8 Å². The minimum Gasteiger partial charge on any atom is -0.342 e. The van der Waals surface area contributed by atoms with Gasteiger partial charge < -0.3 is 15.5 Å². The first-order chi connectivity index (χ1) is 16.3. The molecular formula is C25H25FN6O2. The van der Waals surface area contributed by atoms with E-state index in [2.05, 4.69) is 6.07 Å². The number of rotatable bonds is 5. The highest BCUT2D eigenvalue weighted by Gasteiger charge is 2.24. The third-order valence-corrected chi connectivity index (χ3v) is 6.15. The summed E-state index contributed by atoms with van der Waals surface area (Å²) in [7, 11) is 3.10. The highest BCUT2D eigenvalue weighted by molar-refractivity contribution is 5.83. The molecule has 1 saturated heterocycles. The van der Waals surface area contributed by atoms with Crippen LogP contribution in [0.5, 0.6) is 0 Å². The number of carbonyl (C=O) groups excluding carboxylic acids is 1. The summed E-state index contributed by atoms with van der Waals surface area (Å²) in [6.45, 7) is 1.35. The molecule has 9 heteroatoms. The monoisotopic (exact) mass is 460 g/mol. The standard InChI is InChI=1S/C25H25FN6O2/c1-30(15-33)21-8-7-18(13-20(21)26)22-23(17-5-3-16(14-27)4-6-17)29-25(31(2)24(22)34)32-11-9-19(28)10-12-32/h3-8,13,15,19H,9-12,28H2,1-2H3. The van der Waals surface area contributed by atoms with Crippen molar-refractivity contribution in [2.75, 3.05) is 29.9 Å². The smallest absolute Gasteiger partial charge is 0.263 e. The molecule has 1 aliphatic heterocycles. The molecule has 1 fully saturated rings. The maximum absolute atomic E-state index is 14.9. The lowest BCUT2D eigenvalue weighted by Gasteiger charge is -2.32. The molecule has 0 bridgehead atoms. The fourth-order valence-electron chi connectivity index (χ4n) is 4.15. The number of halogens is 1. The molecule has 0 atom stereocenters. The number of nitrogens with zero attached hydrogens (tertiary/aromatic N) is 5. The Morgan fingerprint density at radius 1 is 1.18 bits per heavy atom. The molecule has 4 rings (SSSR count). The van der Waals surface area contributed by atoms with E-state index in [4.69, 9.17) is 16.0 Å². The fourth-order valence-corrected chi connectivity index (χ4v) is 4.15. The molecule has 1 aliphatic rings. The molecule has 8 nitrogen and oxygen atoms in total. The number of hydrogen-bond acceptors (Lipinski definition) is 6. The van der Waals surface area contributed by atoms with Crippen LogP contribution in [0.1, 0.15) is 18.4 Å². The van der Waals surface area contributed by atoms with Gasteiger partial charge in [0.15, 0.2) is 0 Å². The molecule has 174 valence electrons. The van der Waals surface area contributed by atoms with Gasteiger partial charge in [-0.3, -0.25) is 14.2 Å². The van der Waals surface area contributed by atoms with Gasteiger partial charge in [-0.25, -0.2) is 9.37 Å². The number of hydrogen-bond donors (Lipinski definition) is 1. The van der Waals surface area contributed by atoms with Crippen LogP contribution in [0.2, 0.25) is 0 Å². The SMILES string of the molecule is CN(C=O)c1ccc(-c2c(-c3ccc(C#N)cc3)nc(N3CCC(N)CC3)n(C)c2=O)cc1F. The van der Waals surface area contributed by atoms with Crippen molar-refractivity contribution in [3.8, 4) is 28.5 Å². The quantitative estimate of drug-likeness (QED) is 0.587. The summed E-state index contributed by atoms with van der Waals surface area (Å²) in [4.78, 5) is 32.7. The van der Waals surface area contributed by atoms with Crippen LogP contribution in [-0.4, -0.2) is 42.1 Å². The lowest BCUT2D eigenvalue weighted by molar-refractivity contribution is -0.107. The van der Waals surface area contributed by atoms with E-state index in [1.165, 1.54) is 23.7 Å². The third kappa shape index (κ3) is 4.28. The molecule has 1 aromatic heterocycles. The Labute approximate surface area is 196 Å². The molecule has 34 heavy (non-hydrogen) atoms. The Balaban J connectivity index is 1.92. The van der Waals surface area contributed by atoms with Gasteiger partial charge in [-0.15, -0.1) is 0 Å². The maximum Gasteiger partial charge on any atom is 0.263 e. The lowest BCUT2D eigenvalue weighted by atomic mass is 9.99. The summed E-state index contributed by atoms with van der Waals surface area (Å²) in [6.07, 6.45) is 2.10. The van der Waals surface area contributed by atoms with Crippen LogP contribution in [0.3, 0.4) is 0 Å². The number of piperidine rings is 1. The Bertz CT molecular complexity index is 1320.